The number of fused-ring (bicyclic) bond motifs is 1. The number of carbonyl (C=O) groups is 2. The molecule has 1 aliphatic heterocycles. The Hall–Kier alpha value is -2.10. The van der Waals surface area contributed by atoms with E-state index >= 15 is 0 Å². The number of benzene rings is 1. The fraction of sp³-hybridized carbons (Fsp3) is 0.500. The van der Waals surface area contributed by atoms with Crippen LogP contribution in [0.4, 0.5) is 0 Å². The molecule has 3 rings (SSSR count). The van der Waals surface area contributed by atoms with Crippen molar-refractivity contribution in [2.75, 3.05) is 13.2 Å². The number of hydrogen-bond acceptors (Lipinski definition) is 4. The molecule has 0 spiro atoms. The lowest BCUT2D eigenvalue weighted by atomic mass is 10.1. The molecule has 0 saturated heterocycles. The highest BCUT2D eigenvalue weighted by Crippen LogP contribution is 2.59. The van der Waals surface area contributed by atoms with Crippen LogP contribution in [0.3, 0.4) is 0 Å². The van der Waals surface area contributed by atoms with Crippen molar-refractivity contribution in [3.8, 4) is 5.75 Å². The molecule has 1 fully saturated rings. The number of allylic oxidation sites excluding steroid dienone is 2. The Labute approximate surface area is 142 Å². The molecule has 128 valence electrons. The van der Waals surface area contributed by atoms with Gasteiger partial charge in [0.25, 0.3) is 0 Å². The van der Waals surface area contributed by atoms with Crippen LogP contribution in [0.15, 0.2) is 29.8 Å². The molecule has 1 aliphatic carbocycles. The quantitative estimate of drug-likeness (QED) is 0.471. The lowest BCUT2D eigenvalue weighted by Gasteiger charge is -2.06. The lowest BCUT2D eigenvalue weighted by Crippen LogP contribution is -2.17. The second-order valence-corrected chi connectivity index (χ2v) is 7.52. The summed E-state index contributed by atoms with van der Waals surface area (Å²) in [7, 11) is 0. The number of carbonyl (C=O) groups excluding carboxylic acids is 2. The smallest absolute Gasteiger partial charge is 0.310 e. The van der Waals surface area contributed by atoms with Gasteiger partial charge in [-0.25, -0.2) is 0 Å². The maximum absolute atomic E-state index is 12.3. The second kappa shape index (κ2) is 6.08. The minimum absolute atomic E-state index is 0.0949. The van der Waals surface area contributed by atoms with Gasteiger partial charge in [0.15, 0.2) is 12.4 Å². The van der Waals surface area contributed by atoms with E-state index in [2.05, 4.69) is 19.9 Å². The minimum atomic E-state index is -0.277. The molecule has 0 radical (unpaired) electrons. The van der Waals surface area contributed by atoms with E-state index in [0.29, 0.717) is 12.2 Å². The van der Waals surface area contributed by atoms with Crippen molar-refractivity contribution in [1.82, 2.24) is 0 Å². The first-order chi connectivity index (χ1) is 11.3. The zero-order chi connectivity index (χ0) is 17.5. The number of ether oxygens (including phenoxy) is 2. The first kappa shape index (κ1) is 16.7. The summed E-state index contributed by atoms with van der Waals surface area (Å²) in [6, 6.07) is 5.38. The van der Waals surface area contributed by atoms with E-state index < -0.39 is 0 Å². The molecule has 1 heterocycles. The van der Waals surface area contributed by atoms with Gasteiger partial charge in [0.2, 0.25) is 0 Å². The van der Waals surface area contributed by atoms with Gasteiger partial charge in [-0.3, -0.25) is 9.59 Å². The predicted octanol–water partition coefficient (Wildman–Crippen LogP) is 3.59. The molecular weight excluding hydrogens is 304 g/mol. The van der Waals surface area contributed by atoms with Crippen molar-refractivity contribution in [3.05, 3.63) is 41.0 Å². The van der Waals surface area contributed by atoms with Gasteiger partial charge in [0.05, 0.1) is 12.5 Å². The average molecular weight is 328 g/mol. The Morgan fingerprint density at radius 2 is 2.08 bits per heavy atom. The fourth-order valence-corrected chi connectivity index (χ4v) is 3.47. The van der Waals surface area contributed by atoms with E-state index in [9.17, 15) is 9.59 Å². The Balaban J connectivity index is 1.59. The summed E-state index contributed by atoms with van der Waals surface area (Å²) in [6.45, 7) is 8.63. The van der Waals surface area contributed by atoms with Crippen LogP contribution < -0.4 is 4.74 Å². The molecule has 1 aromatic carbocycles. The van der Waals surface area contributed by atoms with E-state index in [1.807, 2.05) is 26.0 Å². The SMILES string of the molecule is CC(C)=C[C@@H]1[C@H](C(=O)OCC(=O)c2ccc3c(c2)CCO3)C1(C)C. The summed E-state index contributed by atoms with van der Waals surface area (Å²) in [6.07, 6.45) is 2.94. The number of Topliss-reactive ketones (excluding diaryl/α,β-unsaturated/α-hetero) is 1. The maximum atomic E-state index is 12.3. The summed E-state index contributed by atoms with van der Waals surface area (Å²) in [4.78, 5) is 24.6. The highest BCUT2D eigenvalue weighted by Gasteiger charge is 2.61. The van der Waals surface area contributed by atoms with Crippen LogP contribution in [-0.2, 0) is 16.0 Å². The van der Waals surface area contributed by atoms with Crippen LogP contribution in [0, 0.1) is 17.3 Å². The predicted molar refractivity (Wildman–Crippen MR) is 91.1 cm³/mol. The summed E-state index contributed by atoms with van der Waals surface area (Å²) in [5, 5.41) is 0. The molecule has 0 aromatic heterocycles. The molecular formula is C20H24O4. The molecule has 2 atom stereocenters. The Kier molecular flexibility index (Phi) is 4.24. The minimum Gasteiger partial charge on any atom is -0.493 e. The van der Waals surface area contributed by atoms with Crippen LogP contribution in [0.5, 0.6) is 5.75 Å². The number of esters is 1. The van der Waals surface area contributed by atoms with Gasteiger partial charge in [-0.2, -0.15) is 0 Å². The zero-order valence-electron chi connectivity index (χ0n) is 14.7. The van der Waals surface area contributed by atoms with Gasteiger partial charge in [0, 0.05) is 12.0 Å². The maximum Gasteiger partial charge on any atom is 0.310 e. The van der Waals surface area contributed by atoms with Gasteiger partial charge in [-0.05, 0) is 48.9 Å². The lowest BCUT2D eigenvalue weighted by molar-refractivity contribution is -0.145. The van der Waals surface area contributed by atoms with Crippen LogP contribution >= 0.6 is 0 Å². The molecule has 0 amide bonds. The first-order valence-electron chi connectivity index (χ1n) is 8.41. The number of hydrogen-bond donors (Lipinski definition) is 0. The van der Waals surface area contributed by atoms with Crippen LogP contribution in [0.2, 0.25) is 0 Å². The highest BCUT2D eigenvalue weighted by molar-refractivity contribution is 5.98. The third-order valence-corrected chi connectivity index (χ3v) is 5.03. The molecule has 2 aliphatic rings. The van der Waals surface area contributed by atoms with Crippen molar-refractivity contribution in [2.45, 2.75) is 34.1 Å². The van der Waals surface area contributed by atoms with Crippen LogP contribution in [0.25, 0.3) is 0 Å². The average Bonchev–Trinajstić information content (AvgIpc) is 2.88. The summed E-state index contributed by atoms with van der Waals surface area (Å²) < 4.78 is 10.7. The van der Waals surface area contributed by atoms with E-state index in [0.717, 1.165) is 17.7 Å². The topological polar surface area (TPSA) is 52.6 Å². The normalized spacial score (nSPS) is 23.0. The van der Waals surface area contributed by atoms with E-state index in [1.165, 1.54) is 5.57 Å². The molecule has 24 heavy (non-hydrogen) atoms. The zero-order valence-corrected chi connectivity index (χ0v) is 14.7. The second-order valence-electron chi connectivity index (χ2n) is 7.52. The first-order valence-corrected chi connectivity index (χ1v) is 8.41. The van der Waals surface area contributed by atoms with Crippen molar-refractivity contribution in [1.29, 1.82) is 0 Å². The van der Waals surface area contributed by atoms with Gasteiger partial charge in [0.1, 0.15) is 5.75 Å². The van der Waals surface area contributed by atoms with Gasteiger partial charge < -0.3 is 9.47 Å². The van der Waals surface area contributed by atoms with Crippen molar-refractivity contribution in [2.24, 2.45) is 17.3 Å². The number of ketones is 1. The van der Waals surface area contributed by atoms with Gasteiger partial charge in [-0.15, -0.1) is 0 Å². The summed E-state index contributed by atoms with van der Waals surface area (Å²) >= 11 is 0. The molecule has 1 saturated carbocycles. The third kappa shape index (κ3) is 3.10. The molecule has 0 unspecified atom stereocenters. The molecule has 4 heteroatoms. The summed E-state index contributed by atoms with van der Waals surface area (Å²) in [5.74, 6) is 0.430. The van der Waals surface area contributed by atoms with E-state index in [4.69, 9.17) is 9.47 Å². The van der Waals surface area contributed by atoms with E-state index in [-0.39, 0.29) is 35.6 Å². The third-order valence-electron chi connectivity index (χ3n) is 5.03. The number of rotatable bonds is 5. The fourth-order valence-electron chi connectivity index (χ4n) is 3.47. The summed E-state index contributed by atoms with van der Waals surface area (Å²) in [5.41, 5.74) is 2.71. The molecule has 4 nitrogen and oxygen atoms in total. The highest BCUT2D eigenvalue weighted by atomic mass is 16.5. The van der Waals surface area contributed by atoms with Crippen LogP contribution in [-0.4, -0.2) is 25.0 Å². The standard InChI is InChI=1S/C20H24O4/c1-12(2)9-15-18(20(15,3)4)19(22)24-11-16(21)13-5-6-17-14(10-13)7-8-23-17/h5-6,9-10,15,18H,7-8,11H2,1-4H3/t15-,18-/m1/s1. The van der Waals surface area contributed by atoms with E-state index in [1.54, 1.807) is 6.07 Å². The van der Waals surface area contributed by atoms with Gasteiger partial charge in [-0.1, -0.05) is 25.5 Å². The van der Waals surface area contributed by atoms with Crippen molar-refractivity contribution >= 4 is 11.8 Å². The largest absolute Gasteiger partial charge is 0.493 e. The van der Waals surface area contributed by atoms with Crippen LogP contribution in [0.1, 0.15) is 43.6 Å². The van der Waals surface area contributed by atoms with Gasteiger partial charge >= 0.3 is 5.97 Å². The Morgan fingerprint density at radius 1 is 1.33 bits per heavy atom. The van der Waals surface area contributed by atoms with Crippen molar-refractivity contribution < 1.29 is 19.1 Å². The Morgan fingerprint density at radius 3 is 2.79 bits per heavy atom. The van der Waals surface area contributed by atoms with Crippen molar-refractivity contribution in [3.63, 3.8) is 0 Å². The monoisotopic (exact) mass is 328 g/mol. The molecule has 1 aromatic rings. The molecule has 0 N–H and O–H groups in total. The Bertz CT molecular complexity index is 710. The molecule has 0 bridgehead atoms.